The molecule has 1 rings (SSSR count). The largest absolute Gasteiger partial charge is 0.396 e. The first-order valence-corrected chi connectivity index (χ1v) is 7.37. The van der Waals surface area contributed by atoms with Gasteiger partial charge in [-0.25, -0.2) is 13.2 Å². The number of urea groups is 1. The van der Waals surface area contributed by atoms with Gasteiger partial charge >= 0.3 is 6.03 Å². The predicted octanol–water partition coefficient (Wildman–Crippen LogP) is -0.328. The molecule has 0 saturated heterocycles. The fraction of sp³-hybridized carbons (Fsp3) is 0.364. The maximum absolute atomic E-state index is 12.2. The van der Waals surface area contributed by atoms with Crippen molar-refractivity contribution in [2.45, 2.75) is 24.0 Å². The molecule has 3 amide bonds. The number of rotatable bonds is 4. The van der Waals surface area contributed by atoms with E-state index in [1.165, 1.54) is 25.4 Å². The summed E-state index contributed by atoms with van der Waals surface area (Å²) in [4.78, 5) is 26.5. The number of hydrogen-bond donors (Lipinski definition) is 3. The van der Waals surface area contributed by atoms with E-state index in [4.69, 9.17) is 5.73 Å². The first-order chi connectivity index (χ1) is 9.30. The fourth-order valence-corrected chi connectivity index (χ4v) is 2.76. The number of nitrogens with one attached hydrogen (secondary N) is 2. The van der Waals surface area contributed by atoms with Crippen LogP contribution in [0.4, 0.5) is 10.5 Å². The first-order valence-electron chi connectivity index (χ1n) is 5.82. The van der Waals surface area contributed by atoms with Gasteiger partial charge in [-0.1, -0.05) is 0 Å². The van der Waals surface area contributed by atoms with Gasteiger partial charge in [0, 0.05) is 12.7 Å². The summed E-state index contributed by atoms with van der Waals surface area (Å²) in [6.07, 6.45) is 2.44. The number of anilines is 1. The molecule has 1 aromatic rings. The van der Waals surface area contributed by atoms with E-state index in [-0.39, 0.29) is 10.6 Å². The monoisotopic (exact) mass is 300 g/mol. The Kier molecular flexibility index (Phi) is 5.03. The number of nitrogens with zero attached hydrogens (tertiary/aromatic N) is 1. The molecule has 1 heterocycles. The molecule has 0 aliphatic heterocycles. The van der Waals surface area contributed by atoms with Gasteiger partial charge in [-0.2, -0.15) is 0 Å². The zero-order chi connectivity index (χ0) is 15.3. The highest BCUT2D eigenvalue weighted by molar-refractivity contribution is 7.93. The Morgan fingerprint density at radius 2 is 2.10 bits per heavy atom. The highest BCUT2D eigenvalue weighted by atomic mass is 32.2. The van der Waals surface area contributed by atoms with Crippen molar-refractivity contribution in [2.75, 3.05) is 12.3 Å². The Morgan fingerprint density at radius 1 is 1.45 bits per heavy atom. The lowest BCUT2D eigenvalue weighted by molar-refractivity contribution is -0.119. The van der Waals surface area contributed by atoms with Crippen LogP contribution in [-0.2, 0) is 14.6 Å². The third-order valence-electron chi connectivity index (χ3n) is 2.53. The number of amides is 3. The maximum Gasteiger partial charge on any atom is 0.321 e. The van der Waals surface area contributed by atoms with Crippen molar-refractivity contribution in [3.05, 3.63) is 18.5 Å². The van der Waals surface area contributed by atoms with Gasteiger partial charge in [-0.05, 0) is 19.9 Å². The molecular formula is C11H16N4O4S. The van der Waals surface area contributed by atoms with Crippen molar-refractivity contribution in [1.82, 2.24) is 15.6 Å². The van der Waals surface area contributed by atoms with Crippen LogP contribution in [0.25, 0.3) is 0 Å². The van der Waals surface area contributed by atoms with Crippen LogP contribution in [0.5, 0.6) is 0 Å². The van der Waals surface area contributed by atoms with Gasteiger partial charge < -0.3 is 11.1 Å². The topological polar surface area (TPSA) is 131 Å². The molecule has 0 spiro atoms. The second kappa shape index (κ2) is 6.33. The van der Waals surface area contributed by atoms with E-state index in [1.54, 1.807) is 6.92 Å². The molecule has 1 aromatic heterocycles. The van der Waals surface area contributed by atoms with Gasteiger partial charge in [0.05, 0.1) is 16.8 Å². The highest BCUT2D eigenvalue weighted by Crippen LogP contribution is 2.21. The highest BCUT2D eigenvalue weighted by Gasteiger charge is 2.32. The molecule has 1 atom stereocenters. The number of imide groups is 1. The van der Waals surface area contributed by atoms with Gasteiger partial charge in [0.2, 0.25) is 5.91 Å². The Balaban J connectivity index is 2.96. The van der Waals surface area contributed by atoms with E-state index >= 15 is 0 Å². The summed E-state index contributed by atoms with van der Waals surface area (Å²) in [5.41, 5.74) is 5.49. The molecule has 110 valence electrons. The van der Waals surface area contributed by atoms with E-state index in [1.807, 2.05) is 5.32 Å². The van der Waals surface area contributed by atoms with E-state index < -0.39 is 27.0 Å². The average molecular weight is 300 g/mol. The van der Waals surface area contributed by atoms with Gasteiger partial charge in [0.1, 0.15) is 5.25 Å². The Bertz CT molecular complexity index is 615. The lowest BCUT2D eigenvalue weighted by Gasteiger charge is -2.14. The van der Waals surface area contributed by atoms with Crippen molar-refractivity contribution in [3.63, 3.8) is 0 Å². The van der Waals surface area contributed by atoms with Crippen LogP contribution in [0.2, 0.25) is 0 Å². The number of sulfone groups is 1. The SMILES string of the molecule is CCNC(=O)NC(=O)C(C)S(=O)(=O)c1ccncc1N. The summed E-state index contributed by atoms with van der Waals surface area (Å²) in [5.74, 6) is -0.924. The second-order valence-electron chi connectivity index (χ2n) is 3.95. The standard InChI is InChI=1S/C11H16N4O4S/c1-3-14-11(17)15-10(16)7(2)20(18,19)9-4-5-13-6-8(9)12/h4-7H,3,12H2,1-2H3,(H2,14,15,16,17). The summed E-state index contributed by atoms with van der Waals surface area (Å²) in [6.45, 7) is 3.17. The molecule has 0 saturated carbocycles. The molecule has 8 nitrogen and oxygen atoms in total. The van der Waals surface area contributed by atoms with Crippen molar-refractivity contribution in [1.29, 1.82) is 0 Å². The lowest BCUT2D eigenvalue weighted by Crippen LogP contribution is -2.45. The van der Waals surface area contributed by atoms with Gasteiger partial charge in [-0.15, -0.1) is 0 Å². The summed E-state index contributed by atoms with van der Waals surface area (Å²) >= 11 is 0. The summed E-state index contributed by atoms with van der Waals surface area (Å²) in [5, 5.41) is 2.84. The van der Waals surface area contributed by atoms with Crippen LogP contribution in [0, 0.1) is 0 Å². The van der Waals surface area contributed by atoms with Crippen LogP contribution in [-0.4, -0.2) is 37.1 Å². The number of hydrogen-bond acceptors (Lipinski definition) is 6. The van der Waals surface area contributed by atoms with E-state index in [2.05, 4.69) is 10.3 Å². The van der Waals surface area contributed by atoms with Crippen molar-refractivity contribution < 1.29 is 18.0 Å². The number of nitrogen functional groups attached to an aromatic ring is 1. The molecule has 0 aromatic carbocycles. The Labute approximate surface area is 116 Å². The van der Waals surface area contributed by atoms with Gasteiger partial charge in [0.15, 0.2) is 9.84 Å². The third kappa shape index (κ3) is 3.44. The molecule has 0 aliphatic rings. The quantitative estimate of drug-likeness (QED) is 0.698. The van der Waals surface area contributed by atoms with Crippen molar-refractivity contribution in [2.24, 2.45) is 0 Å². The first kappa shape index (κ1) is 15.9. The summed E-state index contributed by atoms with van der Waals surface area (Å²) in [6, 6.07) is 0.461. The third-order valence-corrected chi connectivity index (χ3v) is 4.66. The van der Waals surface area contributed by atoms with Crippen LogP contribution in [0.3, 0.4) is 0 Å². The number of aromatic nitrogens is 1. The number of carbonyl (C=O) groups is 2. The van der Waals surface area contributed by atoms with Crippen molar-refractivity contribution in [3.8, 4) is 0 Å². The zero-order valence-corrected chi connectivity index (χ0v) is 11.9. The minimum Gasteiger partial charge on any atom is -0.396 e. The molecule has 0 fully saturated rings. The van der Waals surface area contributed by atoms with Crippen LogP contribution < -0.4 is 16.4 Å². The molecular weight excluding hydrogens is 284 g/mol. The van der Waals surface area contributed by atoms with Crippen LogP contribution in [0.1, 0.15) is 13.8 Å². The van der Waals surface area contributed by atoms with Gasteiger partial charge in [0.25, 0.3) is 0 Å². The van der Waals surface area contributed by atoms with Crippen LogP contribution >= 0.6 is 0 Å². The Hall–Kier alpha value is -2.16. The van der Waals surface area contributed by atoms with Crippen LogP contribution in [0.15, 0.2) is 23.4 Å². The fourth-order valence-electron chi connectivity index (χ4n) is 1.40. The Morgan fingerprint density at radius 3 is 2.65 bits per heavy atom. The van der Waals surface area contributed by atoms with Crippen molar-refractivity contribution >= 4 is 27.5 Å². The average Bonchev–Trinajstić information content (AvgIpc) is 2.38. The smallest absolute Gasteiger partial charge is 0.321 e. The number of carbonyl (C=O) groups excluding carboxylic acids is 2. The van der Waals surface area contributed by atoms with Gasteiger partial charge in [-0.3, -0.25) is 15.1 Å². The molecule has 9 heteroatoms. The molecule has 0 bridgehead atoms. The molecule has 20 heavy (non-hydrogen) atoms. The minimum atomic E-state index is -3.99. The predicted molar refractivity (Wildman–Crippen MR) is 72.5 cm³/mol. The zero-order valence-electron chi connectivity index (χ0n) is 11.1. The minimum absolute atomic E-state index is 0.0508. The number of nitrogens with two attached hydrogens (primary N) is 1. The van der Waals surface area contributed by atoms with E-state index in [9.17, 15) is 18.0 Å². The molecule has 0 radical (unpaired) electrons. The maximum atomic E-state index is 12.2. The summed E-state index contributed by atoms with van der Waals surface area (Å²) in [7, 11) is -3.99. The van der Waals surface area contributed by atoms with E-state index in [0.717, 1.165) is 0 Å². The van der Waals surface area contributed by atoms with E-state index in [0.29, 0.717) is 6.54 Å². The summed E-state index contributed by atoms with van der Waals surface area (Å²) < 4.78 is 24.5. The number of pyridine rings is 1. The molecule has 4 N–H and O–H groups in total. The second-order valence-corrected chi connectivity index (χ2v) is 6.19. The lowest BCUT2D eigenvalue weighted by atomic mass is 10.4. The normalized spacial score (nSPS) is 12.5. The molecule has 1 unspecified atom stereocenters. The molecule has 0 aliphatic carbocycles.